The van der Waals surface area contributed by atoms with Crippen LogP contribution < -0.4 is 11.1 Å². The minimum atomic E-state index is -0.331. The number of rotatable bonds is 5. The van der Waals surface area contributed by atoms with E-state index in [9.17, 15) is 4.79 Å². The van der Waals surface area contributed by atoms with Gasteiger partial charge in [0.25, 0.3) is 0 Å². The van der Waals surface area contributed by atoms with Gasteiger partial charge in [-0.15, -0.1) is 0 Å². The first kappa shape index (κ1) is 11.9. The Hall–Kier alpha value is -1.62. The van der Waals surface area contributed by atoms with Crippen LogP contribution in [-0.2, 0) is 6.54 Å². The largest absolute Gasteiger partial charge is 0.421 e. The van der Waals surface area contributed by atoms with Crippen LogP contribution in [0.4, 0.5) is 0 Å². The summed E-state index contributed by atoms with van der Waals surface area (Å²) in [5, 5.41) is 3.26. The van der Waals surface area contributed by atoms with Crippen LogP contribution in [0.1, 0.15) is 13.8 Å². The van der Waals surface area contributed by atoms with Gasteiger partial charge in [0.15, 0.2) is 11.2 Å². The fourth-order valence-corrected chi connectivity index (χ4v) is 1.83. The lowest BCUT2D eigenvalue weighted by molar-refractivity contribution is 0.421. The number of oxazole rings is 1. The lowest BCUT2D eigenvalue weighted by Gasteiger charge is -2.11. The summed E-state index contributed by atoms with van der Waals surface area (Å²) < 4.78 is 6.72. The number of pyridine rings is 1. The minimum Gasteiger partial charge on any atom is -0.406 e. The van der Waals surface area contributed by atoms with Gasteiger partial charge in [0.05, 0.1) is 0 Å². The lowest BCUT2D eigenvalue weighted by Crippen LogP contribution is -2.27. The van der Waals surface area contributed by atoms with Crippen LogP contribution in [0.3, 0.4) is 0 Å². The van der Waals surface area contributed by atoms with Gasteiger partial charge in [-0.1, -0.05) is 13.8 Å². The summed E-state index contributed by atoms with van der Waals surface area (Å²) in [6.07, 6.45) is 1.67. The van der Waals surface area contributed by atoms with Crippen molar-refractivity contribution < 1.29 is 4.42 Å². The van der Waals surface area contributed by atoms with Crippen LogP contribution in [0.25, 0.3) is 11.2 Å². The molecule has 2 aromatic heterocycles. The predicted octanol–water partition coefficient (Wildman–Crippen LogP) is 1.24. The van der Waals surface area contributed by atoms with Crippen molar-refractivity contribution in [2.24, 2.45) is 5.92 Å². The summed E-state index contributed by atoms with van der Waals surface area (Å²) in [5.41, 5.74) is 1.17. The summed E-state index contributed by atoms with van der Waals surface area (Å²) in [5.74, 6) is 0.0255. The first-order valence-electron chi connectivity index (χ1n) is 5.87. The predicted molar refractivity (Wildman–Crippen MR) is 66.0 cm³/mol. The number of nitrogens with one attached hydrogen (secondary N) is 1. The highest BCUT2D eigenvalue weighted by molar-refractivity contribution is 5.67. The molecule has 0 aliphatic carbocycles. The van der Waals surface area contributed by atoms with Gasteiger partial charge in [0.2, 0.25) is 0 Å². The average Bonchev–Trinajstić information content (AvgIpc) is 2.64. The van der Waals surface area contributed by atoms with Crippen LogP contribution in [0.5, 0.6) is 0 Å². The van der Waals surface area contributed by atoms with Crippen molar-refractivity contribution in [2.75, 3.05) is 13.1 Å². The van der Waals surface area contributed by atoms with E-state index in [4.69, 9.17) is 4.42 Å². The van der Waals surface area contributed by atoms with E-state index in [0.717, 1.165) is 13.1 Å². The maximum Gasteiger partial charge on any atom is 0.421 e. The molecule has 2 rings (SSSR count). The van der Waals surface area contributed by atoms with Crippen molar-refractivity contribution in [2.45, 2.75) is 20.4 Å². The summed E-state index contributed by atoms with van der Waals surface area (Å²) in [4.78, 5) is 15.9. The molecule has 1 unspecified atom stereocenters. The molecule has 0 saturated carbocycles. The van der Waals surface area contributed by atoms with E-state index >= 15 is 0 Å². The van der Waals surface area contributed by atoms with E-state index in [1.807, 2.05) is 0 Å². The Morgan fingerprint density at radius 2 is 2.41 bits per heavy atom. The summed E-state index contributed by atoms with van der Waals surface area (Å²) >= 11 is 0. The second-order valence-corrected chi connectivity index (χ2v) is 4.22. The molecule has 0 spiro atoms. The highest BCUT2D eigenvalue weighted by atomic mass is 16.4. The Bertz CT molecular complexity index is 544. The van der Waals surface area contributed by atoms with Gasteiger partial charge < -0.3 is 9.73 Å². The van der Waals surface area contributed by atoms with Gasteiger partial charge in [-0.2, -0.15) is 0 Å². The molecule has 2 aromatic rings. The smallest absolute Gasteiger partial charge is 0.406 e. The molecule has 0 bridgehead atoms. The maximum atomic E-state index is 11.7. The molecule has 1 N–H and O–H groups in total. The van der Waals surface area contributed by atoms with Crippen LogP contribution in [-0.4, -0.2) is 22.6 Å². The van der Waals surface area contributed by atoms with Crippen molar-refractivity contribution in [3.8, 4) is 0 Å². The Morgan fingerprint density at radius 3 is 3.18 bits per heavy atom. The number of aromatic nitrogens is 2. The van der Waals surface area contributed by atoms with E-state index in [0.29, 0.717) is 23.7 Å². The molecule has 17 heavy (non-hydrogen) atoms. The van der Waals surface area contributed by atoms with Crippen LogP contribution in [0.15, 0.2) is 27.5 Å². The first-order chi connectivity index (χ1) is 8.22. The van der Waals surface area contributed by atoms with Crippen molar-refractivity contribution >= 4 is 11.2 Å². The third-order valence-electron chi connectivity index (χ3n) is 2.66. The summed E-state index contributed by atoms with van der Waals surface area (Å²) in [7, 11) is 0. The van der Waals surface area contributed by atoms with Gasteiger partial charge >= 0.3 is 5.76 Å². The molecule has 2 heterocycles. The van der Waals surface area contributed by atoms with Crippen molar-refractivity contribution in [1.29, 1.82) is 0 Å². The second kappa shape index (κ2) is 5.14. The van der Waals surface area contributed by atoms with Gasteiger partial charge in [-0.3, -0.25) is 4.57 Å². The zero-order chi connectivity index (χ0) is 12.3. The van der Waals surface area contributed by atoms with Crippen LogP contribution >= 0.6 is 0 Å². The molecule has 0 aromatic carbocycles. The van der Waals surface area contributed by atoms with Gasteiger partial charge in [-0.25, -0.2) is 9.78 Å². The molecule has 5 heteroatoms. The minimum absolute atomic E-state index is 0.331. The molecule has 0 aliphatic rings. The van der Waals surface area contributed by atoms with E-state index in [1.54, 1.807) is 22.9 Å². The highest BCUT2D eigenvalue weighted by Gasteiger charge is 2.12. The fraction of sp³-hybridized carbons (Fsp3) is 0.500. The Morgan fingerprint density at radius 1 is 1.59 bits per heavy atom. The molecule has 5 nitrogen and oxygen atoms in total. The Balaban J connectivity index is 2.23. The Labute approximate surface area is 99.5 Å². The zero-order valence-corrected chi connectivity index (χ0v) is 10.1. The molecule has 92 valence electrons. The van der Waals surface area contributed by atoms with Crippen LogP contribution in [0.2, 0.25) is 0 Å². The number of hydrogen-bond donors (Lipinski definition) is 1. The van der Waals surface area contributed by atoms with Crippen molar-refractivity contribution in [1.82, 2.24) is 14.9 Å². The SMILES string of the molecule is CCNCC(C)Cn1c(=O)oc2cccnc21. The lowest BCUT2D eigenvalue weighted by atomic mass is 10.2. The quantitative estimate of drug-likeness (QED) is 0.847. The van der Waals surface area contributed by atoms with Gasteiger partial charge in [0.1, 0.15) is 0 Å². The molecular formula is C12H17N3O2. The second-order valence-electron chi connectivity index (χ2n) is 4.22. The molecule has 0 amide bonds. The zero-order valence-electron chi connectivity index (χ0n) is 10.1. The summed E-state index contributed by atoms with van der Waals surface area (Å²) in [6, 6.07) is 3.52. The number of fused-ring (bicyclic) bond motifs is 1. The normalized spacial score (nSPS) is 13.1. The fourth-order valence-electron chi connectivity index (χ4n) is 1.83. The van der Waals surface area contributed by atoms with Gasteiger partial charge in [0, 0.05) is 12.7 Å². The monoisotopic (exact) mass is 235 g/mol. The van der Waals surface area contributed by atoms with E-state index in [1.165, 1.54) is 0 Å². The number of hydrogen-bond acceptors (Lipinski definition) is 4. The van der Waals surface area contributed by atoms with E-state index < -0.39 is 0 Å². The standard InChI is InChI=1S/C12H17N3O2/c1-3-13-7-9(2)8-15-11-10(17-12(15)16)5-4-6-14-11/h4-6,9,13H,3,7-8H2,1-2H3. The average molecular weight is 235 g/mol. The van der Waals surface area contributed by atoms with Crippen LogP contribution in [0, 0.1) is 5.92 Å². The molecule has 0 aliphatic heterocycles. The first-order valence-corrected chi connectivity index (χ1v) is 5.87. The Kier molecular flexibility index (Phi) is 3.58. The highest BCUT2D eigenvalue weighted by Crippen LogP contribution is 2.10. The molecule has 0 fully saturated rings. The molecule has 0 radical (unpaired) electrons. The molecule has 0 saturated heterocycles. The third kappa shape index (κ3) is 2.55. The van der Waals surface area contributed by atoms with E-state index in [-0.39, 0.29) is 5.76 Å². The summed E-state index contributed by atoms with van der Waals surface area (Å²) in [6.45, 7) is 6.59. The van der Waals surface area contributed by atoms with E-state index in [2.05, 4.69) is 24.1 Å². The molecular weight excluding hydrogens is 218 g/mol. The van der Waals surface area contributed by atoms with Crippen molar-refractivity contribution in [3.63, 3.8) is 0 Å². The number of nitrogens with zero attached hydrogens (tertiary/aromatic N) is 2. The maximum absolute atomic E-state index is 11.7. The third-order valence-corrected chi connectivity index (χ3v) is 2.66. The topological polar surface area (TPSA) is 60.1 Å². The van der Waals surface area contributed by atoms with Gasteiger partial charge in [-0.05, 0) is 31.1 Å². The van der Waals surface area contributed by atoms with Crippen molar-refractivity contribution in [3.05, 3.63) is 28.9 Å². The molecule has 1 atom stereocenters.